The van der Waals surface area contributed by atoms with Gasteiger partial charge in [0.25, 0.3) is 0 Å². The third-order valence-electron chi connectivity index (χ3n) is 2.10. The van der Waals surface area contributed by atoms with Crippen molar-refractivity contribution in [3.8, 4) is 0 Å². The van der Waals surface area contributed by atoms with Crippen molar-refractivity contribution >= 4 is 0 Å². The molecule has 0 aliphatic carbocycles. The van der Waals surface area contributed by atoms with Crippen LogP contribution in [0.5, 0.6) is 0 Å². The van der Waals surface area contributed by atoms with Crippen LogP contribution in [0.25, 0.3) is 0 Å². The van der Waals surface area contributed by atoms with Crippen LogP contribution in [0, 0.1) is 0 Å². The van der Waals surface area contributed by atoms with Crippen molar-refractivity contribution < 1.29 is 0 Å². The summed E-state index contributed by atoms with van der Waals surface area (Å²) in [5, 5.41) is 3.35. The van der Waals surface area contributed by atoms with Crippen LogP contribution in [0.1, 0.15) is 11.4 Å². The normalized spacial score (nSPS) is 10.6. The zero-order chi connectivity index (χ0) is 9.64. The van der Waals surface area contributed by atoms with Crippen LogP contribution in [-0.4, -0.2) is 21.5 Å². The molecule has 0 aliphatic rings. The highest BCUT2D eigenvalue weighted by atomic mass is 14.9. The first-order chi connectivity index (χ1) is 6.95. The fraction of sp³-hybridized carbons (Fsp3) is 0.300. The molecule has 0 unspecified atom stereocenters. The van der Waals surface area contributed by atoms with Crippen molar-refractivity contribution in [2.45, 2.75) is 13.0 Å². The molecule has 2 aromatic rings. The summed E-state index contributed by atoms with van der Waals surface area (Å²) >= 11 is 0. The lowest BCUT2D eigenvalue weighted by molar-refractivity contribution is 0.672. The van der Waals surface area contributed by atoms with E-state index in [1.807, 2.05) is 18.5 Å². The molecule has 2 rings (SSSR count). The molecule has 0 fully saturated rings. The first-order valence-electron chi connectivity index (χ1n) is 4.75. The molecule has 14 heavy (non-hydrogen) atoms. The predicted octanol–water partition coefficient (Wildman–Crippen LogP) is 1.07. The van der Waals surface area contributed by atoms with Gasteiger partial charge in [-0.1, -0.05) is 0 Å². The largest absolute Gasteiger partial charge is 0.364 e. The summed E-state index contributed by atoms with van der Waals surface area (Å²) in [5.41, 5.74) is 2.39. The van der Waals surface area contributed by atoms with E-state index in [0.29, 0.717) is 0 Å². The molecule has 0 bridgehead atoms. The van der Waals surface area contributed by atoms with E-state index in [4.69, 9.17) is 0 Å². The molecule has 0 aliphatic heterocycles. The lowest BCUT2D eigenvalue weighted by Crippen LogP contribution is -2.16. The minimum atomic E-state index is 0.890. The third kappa shape index (κ3) is 2.47. The standard InChI is InChI=1S/C10H14N4/c1-2-9(13-4-1)6-11-5-3-10-7-12-8-14-10/h1-2,4,7-8,11,13H,3,5-6H2,(H,12,14). The van der Waals surface area contributed by atoms with Crippen LogP contribution in [0.15, 0.2) is 30.9 Å². The Kier molecular flexibility index (Phi) is 2.98. The second-order valence-electron chi connectivity index (χ2n) is 3.20. The van der Waals surface area contributed by atoms with E-state index in [9.17, 15) is 0 Å². The molecular weight excluding hydrogens is 176 g/mol. The fourth-order valence-electron chi connectivity index (χ4n) is 1.35. The van der Waals surface area contributed by atoms with Crippen molar-refractivity contribution in [3.05, 3.63) is 42.2 Å². The molecule has 0 spiro atoms. The Morgan fingerprint density at radius 1 is 1.29 bits per heavy atom. The molecule has 4 heteroatoms. The molecule has 0 radical (unpaired) electrons. The van der Waals surface area contributed by atoms with E-state index < -0.39 is 0 Å². The van der Waals surface area contributed by atoms with E-state index in [0.717, 1.165) is 19.5 Å². The van der Waals surface area contributed by atoms with Crippen LogP contribution in [0.4, 0.5) is 0 Å². The Morgan fingerprint density at radius 2 is 2.29 bits per heavy atom. The van der Waals surface area contributed by atoms with Gasteiger partial charge in [-0.25, -0.2) is 4.98 Å². The lowest BCUT2D eigenvalue weighted by Gasteiger charge is -2.01. The van der Waals surface area contributed by atoms with Gasteiger partial charge in [0.2, 0.25) is 0 Å². The first-order valence-corrected chi connectivity index (χ1v) is 4.75. The van der Waals surface area contributed by atoms with Crippen LogP contribution in [0.2, 0.25) is 0 Å². The van der Waals surface area contributed by atoms with Gasteiger partial charge in [0.1, 0.15) is 0 Å². The van der Waals surface area contributed by atoms with Crippen molar-refractivity contribution in [1.29, 1.82) is 0 Å². The van der Waals surface area contributed by atoms with Crippen molar-refractivity contribution in [2.75, 3.05) is 6.54 Å². The van der Waals surface area contributed by atoms with Gasteiger partial charge in [-0.3, -0.25) is 0 Å². The maximum absolute atomic E-state index is 3.96. The van der Waals surface area contributed by atoms with Crippen molar-refractivity contribution in [1.82, 2.24) is 20.3 Å². The molecular formula is C10H14N4. The lowest BCUT2D eigenvalue weighted by atomic mass is 10.3. The Morgan fingerprint density at radius 3 is 3.00 bits per heavy atom. The number of imidazole rings is 1. The first kappa shape index (κ1) is 9.02. The molecule has 74 valence electrons. The Balaban J connectivity index is 1.65. The monoisotopic (exact) mass is 190 g/mol. The predicted molar refractivity (Wildman–Crippen MR) is 54.8 cm³/mol. The van der Waals surface area contributed by atoms with Gasteiger partial charge in [-0.05, 0) is 12.1 Å². The Labute approximate surface area is 82.8 Å². The van der Waals surface area contributed by atoms with Gasteiger partial charge in [0.15, 0.2) is 0 Å². The summed E-state index contributed by atoms with van der Waals surface area (Å²) in [4.78, 5) is 10.2. The number of aromatic nitrogens is 3. The quantitative estimate of drug-likeness (QED) is 0.618. The second kappa shape index (κ2) is 4.62. The van der Waals surface area contributed by atoms with Gasteiger partial charge in [0.05, 0.1) is 6.33 Å². The van der Waals surface area contributed by atoms with Crippen LogP contribution >= 0.6 is 0 Å². The van der Waals surface area contributed by atoms with Crippen molar-refractivity contribution in [2.24, 2.45) is 0 Å². The maximum Gasteiger partial charge on any atom is 0.0921 e. The summed E-state index contributed by atoms with van der Waals surface area (Å²) in [6.45, 7) is 1.85. The summed E-state index contributed by atoms with van der Waals surface area (Å²) in [6.07, 6.45) is 6.49. The highest BCUT2D eigenvalue weighted by molar-refractivity contribution is 5.03. The molecule has 0 saturated carbocycles. The molecule has 2 heterocycles. The minimum absolute atomic E-state index is 0.890. The third-order valence-corrected chi connectivity index (χ3v) is 2.10. The molecule has 0 amide bonds. The highest BCUT2D eigenvalue weighted by Gasteiger charge is 1.94. The van der Waals surface area contributed by atoms with Crippen LogP contribution in [0.3, 0.4) is 0 Å². The molecule has 3 N–H and O–H groups in total. The van der Waals surface area contributed by atoms with Gasteiger partial charge in [0, 0.05) is 43.3 Å². The van der Waals surface area contributed by atoms with Gasteiger partial charge in [-0.15, -0.1) is 0 Å². The van der Waals surface area contributed by atoms with Crippen LogP contribution < -0.4 is 5.32 Å². The Hall–Kier alpha value is -1.55. The summed E-state index contributed by atoms with van der Waals surface area (Å²) in [6, 6.07) is 4.08. The number of nitrogens with one attached hydrogen (secondary N) is 3. The summed E-state index contributed by atoms with van der Waals surface area (Å²) < 4.78 is 0. The zero-order valence-corrected chi connectivity index (χ0v) is 7.96. The average molecular weight is 190 g/mol. The van der Waals surface area contributed by atoms with E-state index in [1.54, 1.807) is 6.33 Å². The number of nitrogens with zero attached hydrogens (tertiary/aromatic N) is 1. The number of hydrogen-bond acceptors (Lipinski definition) is 2. The smallest absolute Gasteiger partial charge is 0.0921 e. The molecule has 4 nitrogen and oxygen atoms in total. The molecule has 0 atom stereocenters. The van der Waals surface area contributed by atoms with Crippen LogP contribution in [-0.2, 0) is 13.0 Å². The van der Waals surface area contributed by atoms with E-state index in [2.05, 4.69) is 26.3 Å². The van der Waals surface area contributed by atoms with E-state index in [-0.39, 0.29) is 0 Å². The van der Waals surface area contributed by atoms with Gasteiger partial charge < -0.3 is 15.3 Å². The van der Waals surface area contributed by atoms with Gasteiger partial charge >= 0.3 is 0 Å². The van der Waals surface area contributed by atoms with E-state index in [1.165, 1.54) is 11.4 Å². The molecule has 0 saturated heterocycles. The number of H-pyrrole nitrogens is 2. The SMILES string of the molecule is c1c[nH]c(CNCCc2cnc[nH]2)c1. The number of aromatic amines is 2. The second-order valence-corrected chi connectivity index (χ2v) is 3.20. The summed E-state index contributed by atoms with van der Waals surface area (Å²) in [7, 11) is 0. The Bertz CT molecular complexity index is 300. The van der Waals surface area contributed by atoms with Gasteiger partial charge in [-0.2, -0.15) is 0 Å². The topological polar surface area (TPSA) is 56.5 Å². The van der Waals surface area contributed by atoms with E-state index >= 15 is 0 Å². The number of rotatable bonds is 5. The van der Waals surface area contributed by atoms with Crippen molar-refractivity contribution in [3.63, 3.8) is 0 Å². The molecule has 2 aromatic heterocycles. The molecule has 0 aromatic carbocycles. The fourth-order valence-corrected chi connectivity index (χ4v) is 1.35. The minimum Gasteiger partial charge on any atom is -0.364 e. The highest BCUT2D eigenvalue weighted by Crippen LogP contribution is 1.94. The maximum atomic E-state index is 3.96. The zero-order valence-electron chi connectivity index (χ0n) is 7.96. The summed E-state index contributed by atoms with van der Waals surface area (Å²) in [5.74, 6) is 0. The number of hydrogen-bond donors (Lipinski definition) is 3. The average Bonchev–Trinajstić information content (AvgIpc) is 2.86.